The van der Waals surface area contributed by atoms with Crippen LogP contribution >= 0.6 is 11.6 Å². The number of carbonyl (C=O) groups excluding carboxylic acids is 1. The molecule has 4 rings (SSSR count). The van der Waals surface area contributed by atoms with E-state index < -0.39 is 11.7 Å². The fraction of sp³-hybridized carbons (Fsp3) is 0.227. The molecular weight excluding hydrogens is 391 g/mol. The number of amides is 1. The molecule has 3 aromatic rings. The predicted octanol–water partition coefficient (Wildman–Crippen LogP) is 5.12. The highest BCUT2D eigenvalue weighted by molar-refractivity contribution is 6.30. The van der Waals surface area contributed by atoms with Crippen LogP contribution in [0.1, 0.15) is 30.7 Å². The zero-order valence-corrected chi connectivity index (χ0v) is 16.5. The lowest BCUT2D eigenvalue weighted by atomic mass is 10.1. The Bertz CT molecular complexity index is 1080. The first-order valence-electron chi connectivity index (χ1n) is 9.57. The summed E-state index contributed by atoms with van der Waals surface area (Å²) in [5.41, 5.74) is 1.61. The molecule has 0 aliphatic carbocycles. The zero-order valence-electron chi connectivity index (χ0n) is 15.7. The number of benzene rings is 2. The lowest BCUT2D eigenvalue weighted by Gasteiger charge is -2.09. The Hall–Kier alpha value is -2.99. The Labute approximate surface area is 173 Å². The lowest BCUT2D eigenvalue weighted by Crippen LogP contribution is -2.10. The van der Waals surface area contributed by atoms with Crippen molar-refractivity contribution < 1.29 is 9.18 Å². The maximum Gasteiger partial charge on any atom is 0.248 e. The Morgan fingerprint density at radius 3 is 2.90 bits per heavy atom. The first kappa shape index (κ1) is 19.3. The predicted molar refractivity (Wildman–Crippen MR) is 112 cm³/mol. The third-order valence-electron chi connectivity index (χ3n) is 4.87. The van der Waals surface area contributed by atoms with E-state index in [0.29, 0.717) is 10.8 Å². The van der Waals surface area contributed by atoms with Gasteiger partial charge < -0.3 is 9.88 Å². The molecule has 148 valence electrons. The van der Waals surface area contributed by atoms with Crippen LogP contribution in [-0.4, -0.2) is 20.7 Å². The number of anilines is 1. The van der Waals surface area contributed by atoms with Crippen molar-refractivity contribution in [3.05, 3.63) is 70.8 Å². The molecule has 0 saturated heterocycles. The third kappa shape index (κ3) is 4.54. The first-order chi connectivity index (χ1) is 14.1. The molecule has 1 N–H and O–H groups in total. The van der Waals surface area contributed by atoms with Gasteiger partial charge in [0.1, 0.15) is 11.6 Å². The summed E-state index contributed by atoms with van der Waals surface area (Å²) in [4.78, 5) is 12.3. The van der Waals surface area contributed by atoms with Gasteiger partial charge in [0, 0.05) is 29.6 Å². The van der Waals surface area contributed by atoms with E-state index in [1.54, 1.807) is 36.4 Å². The van der Waals surface area contributed by atoms with E-state index in [1.165, 1.54) is 12.1 Å². The van der Waals surface area contributed by atoms with E-state index in [9.17, 15) is 9.18 Å². The second-order valence-corrected chi connectivity index (χ2v) is 7.41. The van der Waals surface area contributed by atoms with E-state index in [-0.39, 0.29) is 5.69 Å². The van der Waals surface area contributed by atoms with Gasteiger partial charge in [-0.15, -0.1) is 10.2 Å². The molecule has 2 aromatic carbocycles. The molecule has 0 saturated carbocycles. The van der Waals surface area contributed by atoms with Crippen LogP contribution in [0, 0.1) is 5.82 Å². The van der Waals surface area contributed by atoms with Gasteiger partial charge in [-0.3, -0.25) is 4.79 Å². The van der Waals surface area contributed by atoms with Crippen LogP contribution in [0.5, 0.6) is 0 Å². The monoisotopic (exact) mass is 410 g/mol. The standard InChI is InChI=1S/C22H20ClFN4O/c23-17-6-4-5-15(13-17)8-11-21(29)25-19-14-16(9-10-18(19)24)22-27-26-20-7-2-1-3-12-28(20)22/h4-6,8-11,13-14H,1-3,7,12H2,(H,25,29)/b11-8+. The van der Waals surface area contributed by atoms with Crippen LogP contribution in [0.2, 0.25) is 5.02 Å². The number of aromatic nitrogens is 3. The molecule has 1 aliphatic rings. The number of nitrogens with zero attached hydrogens (tertiary/aromatic N) is 3. The van der Waals surface area contributed by atoms with Crippen molar-refractivity contribution in [3.63, 3.8) is 0 Å². The second-order valence-electron chi connectivity index (χ2n) is 6.97. The van der Waals surface area contributed by atoms with E-state index in [1.807, 2.05) is 6.07 Å². The van der Waals surface area contributed by atoms with Gasteiger partial charge in [-0.2, -0.15) is 0 Å². The van der Waals surface area contributed by atoms with Gasteiger partial charge in [0.25, 0.3) is 0 Å². The van der Waals surface area contributed by atoms with Crippen molar-refractivity contribution in [2.75, 3.05) is 5.32 Å². The minimum atomic E-state index is -0.506. The van der Waals surface area contributed by atoms with E-state index in [0.717, 1.165) is 49.2 Å². The Kier molecular flexibility index (Phi) is 5.71. The minimum absolute atomic E-state index is 0.106. The Morgan fingerprint density at radius 2 is 2.03 bits per heavy atom. The van der Waals surface area contributed by atoms with E-state index in [2.05, 4.69) is 20.1 Å². The summed E-state index contributed by atoms with van der Waals surface area (Å²) in [7, 11) is 0. The maximum absolute atomic E-state index is 14.3. The Balaban J connectivity index is 1.55. The van der Waals surface area contributed by atoms with Crippen LogP contribution in [0.15, 0.2) is 48.5 Å². The molecule has 0 fully saturated rings. The van der Waals surface area contributed by atoms with Crippen LogP contribution in [-0.2, 0) is 17.8 Å². The van der Waals surface area contributed by atoms with Crippen molar-refractivity contribution >= 4 is 29.3 Å². The highest BCUT2D eigenvalue weighted by Gasteiger charge is 2.17. The molecule has 5 nitrogen and oxygen atoms in total. The number of nitrogens with one attached hydrogen (secondary N) is 1. The van der Waals surface area contributed by atoms with Crippen molar-refractivity contribution in [2.24, 2.45) is 0 Å². The molecular formula is C22H20ClFN4O. The summed E-state index contributed by atoms with van der Waals surface area (Å²) in [6.07, 6.45) is 7.19. The minimum Gasteiger partial charge on any atom is -0.320 e. The number of halogens is 2. The molecule has 0 radical (unpaired) electrons. The van der Waals surface area contributed by atoms with Crippen LogP contribution < -0.4 is 5.32 Å². The molecule has 2 heterocycles. The SMILES string of the molecule is O=C(/C=C/c1cccc(Cl)c1)Nc1cc(-c2nnc3n2CCCCC3)ccc1F. The summed E-state index contributed by atoms with van der Waals surface area (Å²) in [6.45, 7) is 0.846. The quantitative estimate of drug-likeness (QED) is 0.607. The average molecular weight is 411 g/mol. The van der Waals surface area contributed by atoms with Crippen molar-refractivity contribution in [1.82, 2.24) is 14.8 Å². The molecule has 29 heavy (non-hydrogen) atoms. The summed E-state index contributed by atoms with van der Waals surface area (Å²) in [6, 6.07) is 11.7. The van der Waals surface area contributed by atoms with Crippen molar-refractivity contribution in [3.8, 4) is 11.4 Å². The average Bonchev–Trinajstić information content (AvgIpc) is 2.96. The number of hydrogen-bond acceptors (Lipinski definition) is 3. The van der Waals surface area contributed by atoms with Gasteiger partial charge in [-0.25, -0.2) is 4.39 Å². The fourth-order valence-electron chi connectivity index (χ4n) is 3.42. The van der Waals surface area contributed by atoms with E-state index in [4.69, 9.17) is 11.6 Å². The van der Waals surface area contributed by atoms with Crippen LogP contribution in [0.25, 0.3) is 17.5 Å². The molecule has 1 amide bonds. The molecule has 1 aliphatic heterocycles. The number of rotatable bonds is 4. The van der Waals surface area contributed by atoms with Gasteiger partial charge in [0.05, 0.1) is 5.69 Å². The lowest BCUT2D eigenvalue weighted by molar-refractivity contribution is -0.111. The first-order valence-corrected chi connectivity index (χ1v) is 9.94. The largest absolute Gasteiger partial charge is 0.320 e. The zero-order chi connectivity index (χ0) is 20.2. The van der Waals surface area contributed by atoms with Gasteiger partial charge in [0.15, 0.2) is 5.82 Å². The van der Waals surface area contributed by atoms with Crippen molar-refractivity contribution in [2.45, 2.75) is 32.2 Å². The third-order valence-corrected chi connectivity index (χ3v) is 5.10. The summed E-state index contributed by atoms with van der Waals surface area (Å²) < 4.78 is 16.4. The van der Waals surface area contributed by atoms with Gasteiger partial charge in [0.2, 0.25) is 5.91 Å². The summed E-state index contributed by atoms with van der Waals surface area (Å²) >= 11 is 5.94. The topological polar surface area (TPSA) is 59.8 Å². The van der Waals surface area contributed by atoms with Crippen molar-refractivity contribution in [1.29, 1.82) is 0 Å². The van der Waals surface area contributed by atoms with Crippen LogP contribution in [0.4, 0.5) is 10.1 Å². The molecule has 7 heteroatoms. The number of hydrogen-bond donors (Lipinski definition) is 1. The van der Waals surface area contributed by atoms with Gasteiger partial charge in [-0.1, -0.05) is 30.2 Å². The molecule has 1 aromatic heterocycles. The highest BCUT2D eigenvalue weighted by atomic mass is 35.5. The van der Waals surface area contributed by atoms with Gasteiger partial charge in [-0.05, 0) is 54.8 Å². The fourth-order valence-corrected chi connectivity index (χ4v) is 3.61. The molecule has 0 bridgehead atoms. The number of fused-ring (bicyclic) bond motifs is 1. The number of carbonyl (C=O) groups is 1. The maximum atomic E-state index is 14.3. The van der Waals surface area contributed by atoms with Crippen LogP contribution in [0.3, 0.4) is 0 Å². The Morgan fingerprint density at radius 1 is 1.14 bits per heavy atom. The smallest absolute Gasteiger partial charge is 0.248 e. The summed E-state index contributed by atoms with van der Waals surface area (Å²) in [5.74, 6) is 0.721. The second kappa shape index (κ2) is 8.57. The molecule has 0 atom stereocenters. The molecule has 0 unspecified atom stereocenters. The highest BCUT2D eigenvalue weighted by Crippen LogP contribution is 2.26. The molecule has 0 spiro atoms. The van der Waals surface area contributed by atoms with Gasteiger partial charge >= 0.3 is 0 Å². The normalized spacial score (nSPS) is 13.9. The summed E-state index contributed by atoms with van der Waals surface area (Å²) in [5, 5.41) is 11.8. The van der Waals surface area contributed by atoms with E-state index >= 15 is 0 Å². The number of aryl methyl sites for hydroxylation is 1.